The van der Waals surface area contributed by atoms with Crippen LogP contribution >= 0.6 is 0 Å². The van der Waals surface area contributed by atoms with Gasteiger partial charge in [0.25, 0.3) is 0 Å². The van der Waals surface area contributed by atoms with Crippen molar-refractivity contribution in [2.75, 3.05) is 9.80 Å². The third-order valence-corrected chi connectivity index (χ3v) is 11.2. The molecule has 0 aliphatic heterocycles. The summed E-state index contributed by atoms with van der Waals surface area (Å²) in [5, 5.41) is 4.68. The third-order valence-electron chi connectivity index (χ3n) is 11.2. The summed E-state index contributed by atoms with van der Waals surface area (Å²) in [5.41, 5.74) is 14.2. The Morgan fingerprint density at radius 3 is 1.34 bits per heavy atom. The van der Waals surface area contributed by atoms with Gasteiger partial charge in [-0.15, -0.1) is 0 Å². The van der Waals surface area contributed by atoms with Gasteiger partial charge in [-0.1, -0.05) is 115 Å². The van der Waals surface area contributed by atoms with Gasteiger partial charge in [-0.25, -0.2) is 0 Å². The molecule has 0 spiro atoms. The molecule has 0 bridgehead atoms. The van der Waals surface area contributed by atoms with E-state index in [2.05, 4.69) is 227 Å². The Hall–Kier alpha value is -7.82. The maximum Gasteiger partial charge on any atom is 0.135 e. The predicted octanol–water partition coefficient (Wildman–Crippen LogP) is 15.3. The number of hydrogen-bond acceptors (Lipinski definition) is 3. The van der Waals surface area contributed by atoms with E-state index in [0.29, 0.717) is 0 Å². The molecule has 9 aromatic carbocycles. The number of aromatic nitrogens is 1. The highest BCUT2D eigenvalue weighted by atomic mass is 16.3. The molecule has 0 atom stereocenters. The summed E-state index contributed by atoms with van der Waals surface area (Å²) in [6.07, 6.45) is 0. The van der Waals surface area contributed by atoms with Crippen molar-refractivity contribution in [3.8, 4) is 16.8 Å². The van der Waals surface area contributed by atoms with Crippen LogP contribution in [0.4, 0.5) is 34.1 Å². The Kier molecular flexibility index (Phi) is 8.11. The topological polar surface area (TPSA) is 24.6 Å². The number of nitrogens with zero attached hydrogens (tertiary/aromatic N) is 3. The monoisotopic (exact) mass is 743 g/mol. The van der Waals surface area contributed by atoms with Crippen LogP contribution in [0.3, 0.4) is 0 Å². The fourth-order valence-electron chi connectivity index (χ4n) is 8.46. The van der Waals surface area contributed by atoms with E-state index in [4.69, 9.17) is 4.42 Å². The third kappa shape index (κ3) is 5.78. The van der Waals surface area contributed by atoms with E-state index < -0.39 is 0 Å². The second-order valence-corrected chi connectivity index (χ2v) is 14.6. The Bertz CT molecular complexity index is 3200. The Labute approximate surface area is 336 Å². The van der Waals surface area contributed by atoms with E-state index in [1.807, 2.05) is 12.1 Å². The first-order valence-electron chi connectivity index (χ1n) is 19.7. The number of rotatable bonds is 8. The molecule has 0 aliphatic rings. The van der Waals surface area contributed by atoms with Crippen molar-refractivity contribution in [1.29, 1.82) is 0 Å². The highest BCUT2D eigenvalue weighted by molar-refractivity contribution is 6.11. The van der Waals surface area contributed by atoms with Gasteiger partial charge in [-0.3, -0.25) is 0 Å². The summed E-state index contributed by atoms with van der Waals surface area (Å²) in [7, 11) is 0. The van der Waals surface area contributed by atoms with Crippen LogP contribution < -0.4 is 9.80 Å². The maximum absolute atomic E-state index is 6.16. The first-order chi connectivity index (χ1) is 28.8. The van der Waals surface area contributed by atoms with Gasteiger partial charge in [0.2, 0.25) is 0 Å². The molecule has 2 heterocycles. The van der Waals surface area contributed by atoms with E-state index >= 15 is 0 Å². The highest BCUT2D eigenvalue weighted by Crippen LogP contribution is 2.42. The van der Waals surface area contributed by atoms with Crippen molar-refractivity contribution < 1.29 is 4.42 Å². The fraction of sp³-hybridized carbons (Fsp3) is 0. The van der Waals surface area contributed by atoms with Gasteiger partial charge in [0, 0.05) is 61.4 Å². The summed E-state index contributed by atoms with van der Waals surface area (Å²) in [6.45, 7) is 0. The van der Waals surface area contributed by atoms with Crippen molar-refractivity contribution in [3.05, 3.63) is 224 Å². The lowest BCUT2D eigenvalue weighted by atomic mass is 10.0. The number of para-hydroxylation sites is 5. The van der Waals surface area contributed by atoms with Crippen LogP contribution in [0, 0.1) is 0 Å². The average molecular weight is 744 g/mol. The number of furan rings is 1. The lowest BCUT2D eigenvalue weighted by Crippen LogP contribution is -2.10. The van der Waals surface area contributed by atoms with E-state index in [1.165, 1.54) is 21.8 Å². The zero-order valence-electron chi connectivity index (χ0n) is 31.6. The van der Waals surface area contributed by atoms with Crippen molar-refractivity contribution in [1.82, 2.24) is 4.57 Å². The van der Waals surface area contributed by atoms with Crippen LogP contribution in [0.5, 0.6) is 0 Å². The van der Waals surface area contributed by atoms with Gasteiger partial charge in [0.15, 0.2) is 0 Å². The van der Waals surface area contributed by atoms with Crippen molar-refractivity contribution >= 4 is 77.9 Å². The summed E-state index contributed by atoms with van der Waals surface area (Å²) < 4.78 is 8.52. The second-order valence-electron chi connectivity index (χ2n) is 14.6. The van der Waals surface area contributed by atoms with E-state index in [9.17, 15) is 0 Å². The van der Waals surface area contributed by atoms with Crippen LogP contribution in [0.1, 0.15) is 0 Å². The summed E-state index contributed by atoms with van der Waals surface area (Å²) >= 11 is 0. The summed E-state index contributed by atoms with van der Waals surface area (Å²) in [4.78, 5) is 4.65. The van der Waals surface area contributed by atoms with Crippen molar-refractivity contribution in [3.63, 3.8) is 0 Å². The normalized spacial score (nSPS) is 11.4. The van der Waals surface area contributed by atoms with Gasteiger partial charge in [0.1, 0.15) is 11.2 Å². The Morgan fingerprint density at radius 2 is 0.724 bits per heavy atom. The first kappa shape index (κ1) is 33.5. The smallest absolute Gasteiger partial charge is 0.135 e. The SMILES string of the molecule is c1ccc(N(c2ccc(-c3ccc(N(c4ccccc4)c4ccc5c(c4)c4ccccc4n5-c4ccccc4)cc3)cc2)c2ccc3oc4ccccc4c3c2)cc1. The molecule has 0 unspecified atom stereocenters. The highest BCUT2D eigenvalue weighted by Gasteiger charge is 2.19. The fourth-order valence-corrected chi connectivity index (χ4v) is 8.46. The predicted molar refractivity (Wildman–Crippen MR) is 243 cm³/mol. The minimum atomic E-state index is 0.888. The van der Waals surface area contributed by atoms with Gasteiger partial charge in [0.05, 0.1) is 11.0 Å². The number of hydrogen-bond donors (Lipinski definition) is 0. The van der Waals surface area contributed by atoms with Crippen LogP contribution in [-0.2, 0) is 0 Å². The van der Waals surface area contributed by atoms with E-state index in [0.717, 1.165) is 72.9 Å². The van der Waals surface area contributed by atoms with Crippen molar-refractivity contribution in [2.24, 2.45) is 0 Å². The van der Waals surface area contributed by atoms with Gasteiger partial charge < -0.3 is 18.8 Å². The molecule has 4 nitrogen and oxygen atoms in total. The standard InChI is InChI=1S/C54H37N3O/c1-4-14-40(15-5-1)55(45-32-34-52-49(36-45)47-20-10-12-22-51(47)57(52)42-18-8-3-9-19-42)43-28-24-38(25-29-43)39-26-30-44(31-27-39)56(41-16-6-2-7-17-41)46-33-35-54-50(37-46)48-21-11-13-23-53(48)58-54/h1-37H. The molecule has 11 aromatic rings. The van der Waals surface area contributed by atoms with Gasteiger partial charge in [-0.05, 0) is 120 Å². The maximum atomic E-state index is 6.16. The lowest BCUT2D eigenvalue weighted by Gasteiger charge is -2.26. The Balaban J connectivity index is 0.951. The second kappa shape index (κ2) is 14.0. The van der Waals surface area contributed by atoms with Crippen LogP contribution in [0.15, 0.2) is 229 Å². The van der Waals surface area contributed by atoms with E-state index in [-0.39, 0.29) is 0 Å². The number of anilines is 6. The largest absolute Gasteiger partial charge is 0.456 e. The molecule has 58 heavy (non-hydrogen) atoms. The van der Waals surface area contributed by atoms with Crippen LogP contribution in [-0.4, -0.2) is 4.57 Å². The van der Waals surface area contributed by atoms with Crippen LogP contribution in [0.25, 0.3) is 60.6 Å². The molecule has 2 aromatic heterocycles. The molecule has 0 amide bonds. The molecule has 4 heteroatoms. The molecular formula is C54H37N3O. The molecular weight excluding hydrogens is 707 g/mol. The molecule has 0 fully saturated rings. The number of fused-ring (bicyclic) bond motifs is 6. The minimum Gasteiger partial charge on any atom is -0.456 e. The zero-order chi connectivity index (χ0) is 38.4. The molecule has 0 radical (unpaired) electrons. The van der Waals surface area contributed by atoms with Crippen molar-refractivity contribution in [2.45, 2.75) is 0 Å². The van der Waals surface area contributed by atoms with Gasteiger partial charge in [-0.2, -0.15) is 0 Å². The molecule has 274 valence electrons. The van der Waals surface area contributed by atoms with E-state index in [1.54, 1.807) is 0 Å². The molecule has 11 rings (SSSR count). The molecule has 0 aliphatic carbocycles. The average Bonchev–Trinajstić information content (AvgIpc) is 3.83. The lowest BCUT2D eigenvalue weighted by molar-refractivity contribution is 0.669. The first-order valence-corrected chi connectivity index (χ1v) is 19.7. The number of benzene rings is 9. The summed E-state index contributed by atoms with van der Waals surface area (Å²) in [6, 6.07) is 79.8. The molecule has 0 N–H and O–H groups in total. The van der Waals surface area contributed by atoms with Gasteiger partial charge >= 0.3 is 0 Å². The minimum absolute atomic E-state index is 0.888. The molecule has 0 saturated carbocycles. The Morgan fingerprint density at radius 1 is 0.293 bits per heavy atom. The zero-order valence-corrected chi connectivity index (χ0v) is 31.6. The molecule has 0 saturated heterocycles. The quantitative estimate of drug-likeness (QED) is 0.155. The summed E-state index contributed by atoms with van der Waals surface area (Å²) in [5.74, 6) is 0. The van der Waals surface area contributed by atoms with Crippen LogP contribution in [0.2, 0.25) is 0 Å².